The SMILES string of the molecule is Cc1ccc(OCC(=O)NNC(=O)C2CCN(C(=O)c3ccc(F)cc3)CC2)cc1C. The lowest BCUT2D eigenvalue weighted by Gasteiger charge is -2.31. The van der Waals surface area contributed by atoms with Crippen LogP contribution < -0.4 is 15.6 Å². The van der Waals surface area contributed by atoms with Crippen LogP contribution in [0.2, 0.25) is 0 Å². The first-order valence-corrected chi connectivity index (χ1v) is 10.2. The van der Waals surface area contributed by atoms with Crippen LogP contribution in [0.15, 0.2) is 42.5 Å². The normalized spacial score (nSPS) is 14.1. The van der Waals surface area contributed by atoms with E-state index in [2.05, 4.69) is 10.9 Å². The number of amides is 3. The van der Waals surface area contributed by atoms with Crippen LogP contribution in [-0.2, 0) is 9.59 Å². The zero-order valence-electron chi connectivity index (χ0n) is 17.6. The summed E-state index contributed by atoms with van der Waals surface area (Å²) < 4.78 is 18.5. The molecular formula is C23H26FN3O4. The van der Waals surface area contributed by atoms with E-state index in [9.17, 15) is 18.8 Å². The van der Waals surface area contributed by atoms with Crippen molar-refractivity contribution in [3.63, 3.8) is 0 Å². The van der Waals surface area contributed by atoms with Crippen LogP contribution in [0, 0.1) is 25.6 Å². The van der Waals surface area contributed by atoms with Gasteiger partial charge in [0, 0.05) is 24.6 Å². The Balaban J connectivity index is 1.39. The van der Waals surface area contributed by atoms with Crippen molar-refractivity contribution in [1.82, 2.24) is 15.8 Å². The third-order valence-electron chi connectivity index (χ3n) is 5.42. The number of hydrazine groups is 1. The smallest absolute Gasteiger partial charge is 0.276 e. The molecule has 1 fully saturated rings. The number of aryl methyl sites for hydroxylation is 2. The van der Waals surface area contributed by atoms with E-state index in [1.54, 1.807) is 11.0 Å². The summed E-state index contributed by atoms with van der Waals surface area (Å²) in [5, 5.41) is 0. The van der Waals surface area contributed by atoms with Crippen molar-refractivity contribution >= 4 is 17.7 Å². The van der Waals surface area contributed by atoms with E-state index >= 15 is 0 Å². The number of hydrogen-bond acceptors (Lipinski definition) is 4. The second kappa shape index (κ2) is 10.1. The van der Waals surface area contributed by atoms with Crippen LogP contribution in [0.1, 0.15) is 34.3 Å². The summed E-state index contributed by atoms with van der Waals surface area (Å²) in [6, 6.07) is 11.0. The number of piperidine rings is 1. The van der Waals surface area contributed by atoms with Crippen molar-refractivity contribution in [3.8, 4) is 5.75 Å². The Morgan fingerprint density at radius 1 is 1.00 bits per heavy atom. The van der Waals surface area contributed by atoms with Gasteiger partial charge < -0.3 is 9.64 Å². The summed E-state index contributed by atoms with van der Waals surface area (Å²) in [6.45, 7) is 4.56. The lowest BCUT2D eigenvalue weighted by Crippen LogP contribution is -2.49. The van der Waals surface area contributed by atoms with Gasteiger partial charge in [0.2, 0.25) is 5.91 Å². The van der Waals surface area contributed by atoms with Gasteiger partial charge in [-0.15, -0.1) is 0 Å². The third kappa shape index (κ3) is 6.04. The quantitative estimate of drug-likeness (QED) is 0.718. The molecule has 1 aliphatic rings. The summed E-state index contributed by atoms with van der Waals surface area (Å²) in [4.78, 5) is 38.4. The predicted octanol–water partition coefficient (Wildman–Crippen LogP) is 2.52. The minimum absolute atomic E-state index is 0.185. The van der Waals surface area contributed by atoms with Crippen LogP contribution >= 0.6 is 0 Å². The Bertz CT molecular complexity index is 954. The molecule has 2 aromatic rings. The maximum atomic E-state index is 13.0. The molecule has 1 saturated heterocycles. The highest BCUT2D eigenvalue weighted by Crippen LogP contribution is 2.19. The maximum absolute atomic E-state index is 13.0. The van der Waals surface area contributed by atoms with Gasteiger partial charge in [0.05, 0.1) is 0 Å². The molecule has 31 heavy (non-hydrogen) atoms. The molecule has 1 heterocycles. The van der Waals surface area contributed by atoms with Crippen LogP contribution in [0.25, 0.3) is 0 Å². The number of nitrogens with one attached hydrogen (secondary N) is 2. The number of halogens is 1. The van der Waals surface area contributed by atoms with E-state index in [4.69, 9.17) is 4.74 Å². The molecule has 0 unspecified atom stereocenters. The molecule has 7 nitrogen and oxygen atoms in total. The van der Waals surface area contributed by atoms with Gasteiger partial charge in [0.15, 0.2) is 6.61 Å². The topological polar surface area (TPSA) is 87.7 Å². The fraction of sp³-hybridized carbons (Fsp3) is 0.348. The lowest BCUT2D eigenvalue weighted by molar-refractivity contribution is -0.132. The molecule has 1 aliphatic heterocycles. The number of rotatable bonds is 5. The molecule has 0 radical (unpaired) electrons. The number of benzene rings is 2. The number of likely N-dealkylation sites (tertiary alicyclic amines) is 1. The summed E-state index contributed by atoms with van der Waals surface area (Å²) in [6.07, 6.45) is 0.960. The van der Waals surface area contributed by atoms with E-state index < -0.39 is 11.7 Å². The summed E-state index contributed by atoms with van der Waals surface area (Å²) in [7, 11) is 0. The van der Waals surface area contributed by atoms with Crippen molar-refractivity contribution in [1.29, 1.82) is 0 Å². The Labute approximate surface area is 180 Å². The number of hydrogen-bond donors (Lipinski definition) is 2. The van der Waals surface area contributed by atoms with Crippen molar-refractivity contribution in [3.05, 3.63) is 65.0 Å². The highest BCUT2D eigenvalue weighted by atomic mass is 19.1. The minimum atomic E-state index is -0.462. The predicted molar refractivity (Wildman–Crippen MR) is 113 cm³/mol. The first-order valence-electron chi connectivity index (χ1n) is 10.2. The third-order valence-corrected chi connectivity index (χ3v) is 5.42. The van der Waals surface area contributed by atoms with E-state index in [0.717, 1.165) is 11.1 Å². The van der Waals surface area contributed by atoms with E-state index in [1.807, 2.05) is 26.0 Å². The Morgan fingerprint density at radius 3 is 2.32 bits per heavy atom. The molecule has 0 spiro atoms. The Morgan fingerprint density at radius 2 is 1.68 bits per heavy atom. The van der Waals surface area contributed by atoms with E-state index in [0.29, 0.717) is 37.2 Å². The molecule has 3 amide bonds. The molecule has 0 saturated carbocycles. The van der Waals surface area contributed by atoms with Gasteiger partial charge in [0.25, 0.3) is 11.8 Å². The molecular weight excluding hydrogens is 401 g/mol. The second-order valence-corrected chi connectivity index (χ2v) is 7.65. The fourth-order valence-corrected chi connectivity index (χ4v) is 3.34. The molecule has 2 N–H and O–H groups in total. The van der Waals surface area contributed by atoms with Crippen LogP contribution in [0.5, 0.6) is 5.75 Å². The van der Waals surface area contributed by atoms with Gasteiger partial charge in [-0.2, -0.15) is 0 Å². The van der Waals surface area contributed by atoms with Crippen molar-refractivity contribution in [2.24, 2.45) is 5.92 Å². The molecule has 0 aliphatic carbocycles. The monoisotopic (exact) mass is 427 g/mol. The van der Waals surface area contributed by atoms with Gasteiger partial charge in [-0.05, 0) is 74.2 Å². The van der Waals surface area contributed by atoms with Gasteiger partial charge in [-0.1, -0.05) is 6.07 Å². The largest absolute Gasteiger partial charge is 0.484 e. The second-order valence-electron chi connectivity index (χ2n) is 7.65. The molecule has 0 atom stereocenters. The van der Waals surface area contributed by atoms with Crippen LogP contribution in [0.4, 0.5) is 4.39 Å². The molecule has 2 aromatic carbocycles. The molecule has 3 rings (SSSR count). The average molecular weight is 427 g/mol. The Hall–Kier alpha value is -3.42. The van der Waals surface area contributed by atoms with Gasteiger partial charge in [-0.3, -0.25) is 25.2 Å². The minimum Gasteiger partial charge on any atom is -0.484 e. The highest BCUT2D eigenvalue weighted by Gasteiger charge is 2.28. The zero-order valence-corrected chi connectivity index (χ0v) is 17.6. The van der Waals surface area contributed by atoms with Crippen molar-refractivity contribution in [2.45, 2.75) is 26.7 Å². The molecule has 164 valence electrons. The van der Waals surface area contributed by atoms with Gasteiger partial charge in [-0.25, -0.2) is 4.39 Å². The maximum Gasteiger partial charge on any atom is 0.276 e. The standard InChI is InChI=1S/C23H26FN3O4/c1-15-3-8-20(13-16(15)2)31-14-21(28)25-26-22(29)17-9-11-27(12-10-17)23(30)18-4-6-19(24)7-5-18/h3-8,13,17H,9-12,14H2,1-2H3,(H,25,28)(H,26,29). The summed E-state index contributed by atoms with van der Waals surface area (Å²) >= 11 is 0. The number of ether oxygens (including phenoxy) is 1. The first kappa shape index (κ1) is 22.3. The van der Waals surface area contributed by atoms with Gasteiger partial charge >= 0.3 is 0 Å². The van der Waals surface area contributed by atoms with E-state index in [-0.39, 0.29) is 24.3 Å². The summed E-state index contributed by atoms with van der Waals surface area (Å²) in [5.74, 6) is -1.06. The number of carbonyl (C=O) groups excluding carboxylic acids is 3. The molecule has 0 aromatic heterocycles. The lowest BCUT2D eigenvalue weighted by atomic mass is 9.95. The van der Waals surface area contributed by atoms with E-state index in [1.165, 1.54) is 24.3 Å². The highest BCUT2D eigenvalue weighted by molar-refractivity contribution is 5.94. The number of carbonyl (C=O) groups is 3. The first-order chi connectivity index (χ1) is 14.8. The van der Waals surface area contributed by atoms with Gasteiger partial charge in [0.1, 0.15) is 11.6 Å². The molecule has 8 heteroatoms. The fourth-order valence-electron chi connectivity index (χ4n) is 3.34. The summed E-state index contributed by atoms with van der Waals surface area (Å²) in [5.41, 5.74) is 7.40. The van der Waals surface area contributed by atoms with Crippen LogP contribution in [-0.4, -0.2) is 42.3 Å². The average Bonchev–Trinajstić information content (AvgIpc) is 2.78. The molecule has 0 bridgehead atoms. The number of nitrogens with zero attached hydrogens (tertiary/aromatic N) is 1. The van der Waals surface area contributed by atoms with Crippen molar-refractivity contribution in [2.75, 3.05) is 19.7 Å². The van der Waals surface area contributed by atoms with Crippen molar-refractivity contribution < 1.29 is 23.5 Å². The van der Waals surface area contributed by atoms with Crippen LogP contribution in [0.3, 0.4) is 0 Å². The zero-order chi connectivity index (χ0) is 22.4. The Kier molecular flexibility index (Phi) is 7.23.